The average Bonchev–Trinajstić information content (AvgIpc) is 2.02. The van der Waals surface area contributed by atoms with E-state index in [-0.39, 0.29) is 16.1 Å². The monoisotopic (exact) mass is 214 g/mol. The van der Waals surface area contributed by atoms with Gasteiger partial charge in [-0.25, -0.2) is 4.79 Å². The zero-order valence-electron chi connectivity index (χ0n) is 6.80. The third-order valence-electron chi connectivity index (χ3n) is 1.61. The largest absolute Gasteiger partial charge is 0.478 e. The predicted octanol–water partition coefficient (Wildman–Crippen LogP) is 1.16. The Kier molecular flexibility index (Phi) is 2.61. The molecule has 7 heteroatoms. The molecule has 0 bridgehead atoms. The van der Waals surface area contributed by atoms with E-state index < -0.39 is 16.6 Å². The van der Waals surface area contributed by atoms with Crippen LogP contribution in [0, 0.1) is 10.1 Å². The molecule has 0 heterocycles. The zero-order chi connectivity index (χ0) is 10.9. The predicted molar refractivity (Wildman–Crippen MR) is 51.7 cm³/mol. The van der Waals surface area contributed by atoms with E-state index in [1.54, 1.807) is 0 Å². The number of nitro benzene ring substituents is 1. The van der Waals surface area contributed by atoms with Crippen LogP contribution in [-0.4, -0.2) is 16.0 Å². The van der Waals surface area contributed by atoms with Crippen molar-refractivity contribution in [1.29, 1.82) is 0 Å². The number of nitrogens with zero attached hydrogens (tertiary/aromatic N) is 1. The second-order valence-corrected chi connectivity index (χ2v) is 2.94. The van der Waals surface area contributed by atoms with Crippen molar-refractivity contribution < 1.29 is 14.8 Å². The van der Waals surface area contributed by atoms with Gasteiger partial charge in [0.15, 0.2) is 0 Å². The Hall–Kier alpha value is -1.76. The molecule has 0 saturated heterocycles. The van der Waals surface area contributed by atoms with Gasteiger partial charge in [-0.05, 0) is 6.07 Å². The summed E-state index contributed by atoms with van der Waals surface area (Å²) in [6, 6.07) is 2.34. The molecule has 0 radical (unpaired) electrons. The fraction of sp³-hybridized carbons (Fsp3) is 0. The van der Waals surface area contributed by atoms with Gasteiger partial charge >= 0.3 is 5.97 Å². The Morgan fingerprint density at radius 2 is 2.14 bits per heavy atom. The molecular formula is C7H6N2O4S. The highest BCUT2D eigenvalue weighted by Gasteiger charge is 2.21. The molecule has 0 aliphatic rings. The number of carboxylic acid groups (broad SMARTS) is 1. The minimum atomic E-state index is -1.34. The highest BCUT2D eigenvalue weighted by atomic mass is 32.1. The maximum Gasteiger partial charge on any atom is 0.339 e. The molecule has 74 valence electrons. The number of nitrogen functional groups attached to an aromatic ring is 1. The number of thiol groups is 1. The molecular weight excluding hydrogens is 208 g/mol. The quantitative estimate of drug-likeness (QED) is 0.296. The van der Waals surface area contributed by atoms with Crippen molar-refractivity contribution in [2.75, 3.05) is 5.73 Å². The molecule has 0 aromatic heterocycles. The molecule has 6 nitrogen and oxygen atoms in total. The Labute approximate surface area is 83.9 Å². The molecule has 0 amide bonds. The third kappa shape index (κ3) is 1.62. The van der Waals surface area contributed by atoms with Crippen LogP contribution in [0.15, 0.2) is 17.0 Å². The van der Waals surface area contributed by atoms with Crippen molar-refractivity contribution in [3.8, 4) is 0 Å². The van der Waals surface area contributed by atoms with Gasteiger partial charge in [0.05, 0.1) is 4.92 Å². The number of rotatable bonds is 2. The number of hydrogen-bond acceptors (Lipinski definition) is 5. The summed E-state index contributed by atoms with van der Waals surface area (Å²) >= 11 is 3.84. The number of nitro groups is 1. The number of carbonyl (C=O) groups is 1. The lowest BCUT2D eigenvalue weighted by Gasteiger charge is -2.03. The first-order chi connectivity index (χ1) is 6.45. The number of aromatic carboxylic acids is 1. The van der Waals surface area contributed by atoms with Crippen LogP contribution < -0.4 is 5.73 Å². The average molecular weight is 214 g/mol. The fourth-order valence-corrected chi connectivity index (χ4v) is 1.27. The minimum absolute atomic E-state index is 0.0978. The van der Waals surface area contributed by atoms with Crippen molar-refractivity contribution in [2.45, 2.75) is 4.90 Å². The van der Waals surface area contributed by atoms with Crippen LogP contribution in [0.3, 0.4) is 0 Å². The molecule has 3 N–H and O–H groups in total. The Morgan fingerprint density at radius 1 is 1.57 bits per heavy atom. The number of carboxylic acids is 1. The lowest BCUT2D eigenvalue weighted by Crippen LogP contribution is -2.06. The van der Waals surface area contributed by atoms with Crippen molar-refractivity contribution in [3.05, 3.63) is 27.8 Å². The van der Waals surface area contributed by atoms with E-state index in [2.05, 4.69) is 12.6 Å². The Bertz CT molecular complexity index is 418. The van der Waals surface area contributed by atoms with Gasteiger partial charge < -0.3 is 10.8 Å². The topological polar surface area (TPSA) is 106 Å². The van der Waals surface area contributed by atoms with Crippen LogP contribution in [0.25, 0.3) is 0 Å². The lowest BCUT2D eigenvalue weighted by atomic mass is 10.1. The van der Waals surface area contributed by atoms with Gasteiger partial charge in [0.25, 0.3) is 5.69 Å². The molecule has 1 aromatic rings. The SMILES string of the molecule is Nc1c([N+](=O)[O-])ccc(S)c1C(=O)O. The summed E-state index contributed by atoms with van der Waals surface area (Å²) < 4.78 is 0. The molecule has 0 aliphatic carbocycles. The highest BCUT2D eigenvalue weighted by Crippen LogP contribution is 2.29. The maximum absolute atomic E-state index is 10.7. The van der Waals surface area contributed by atoms with Gasteiger partial charge in [-0.15, -0.1) is 12.6 Å². The zero-order valence-corrected chi connectivity index (χ0v) is 7.69. The van der Waals surface area contributed by atoms with Crippen molar-refractivity contribution in [1.82, 2.24) is 0 Å². The van der Waals surface area contributed by atoms with Crippen molar-refractivity contribution >= 4 is 30.0 Å². The van der Waals surface area contributed by atoms with Crippen LogP contribution in [-0.2, 0) is 0 Å². The molecule has 1 rings (SSSR count). The van der Waals surface area contributed by atoms with Gasteiger partial charge in [-0.2, -0.15) is 0 Å². The van der Waals surface area contributed by atoms with E-state index in [4.69, 9.17) is 10.8 Å². The van der Waals surface area contributed by atoms with Gasteiger partial charge in [0, 0.05) is 11.0 Å². The number of benzene rings is 1. The van der Waals surface area contributed by atoms with Crippen molar-refractivity contribution in [3.63, 3.8) is 0 Å². The Morgan fingerprint density at radius 3 is 2.57 bits per heavy atom. The molecule has 14 heavy (non-hydrogen) atoms. The van der Waals surface area contributed by atoms with E-state index in [1.807, 2.05) is 0 Å². The van der Waals surface area contributed by atoms with Crippen molar-refractivity contribution in [2.24, 2.45) is 0 Å². The van der Waals surface area contributed by atoms with E-state index in [1.165, 1.54) is 6.07 Å². The first-order valence-electron chi connectivity index (χ1n) is 3.44. The molecule has 0 aliphatic heterocycles. The van der Waals surface area contributed by atoms with Crippen LogP contribution in [0.2, 0.25) is 0 Å². The third-order valence-corrected chi connectivity index (χ3v) is 1.98. The second-order valence-electron chi connectivity index (χ2n) is 2.45. The smallest absolute Gasteiger partial charge is 0.339 e. The van der Waals surface area contributed by atoms with E-state index in [0.29, 0.717) is 0 Å². The van der Waals surface area contributed by atoms with Crippen LogP contribution in [0.4, 0.5) is 11.4 Å². The van der Waals surface area contributed by atoms with E-state index >= 15 is 0 Å². The normalized spacial score (nSPS) is 9.79. The van der Waals surface area contributed by atoms with Crippen LogP contribution in [0.1, 0.15) is 10.4 Å². The van der Waals surface area contributed by atoms with E-state index in [0.717, 1.165) is 6.07 Å². The van der Waals surface area contributed by atoms with Gasteiger partial charge in [-0.1, -0.05) is 0 Å². The summed E-state index contributed by atoms with van der Waals surface area (Å²) in [5.74, 6) is -1.34. The highest BCUT2D eigenvalue weighted by molar-refractivity contribution is 7.80. The van der Waals surface area contributed by atoms with Crippen LogP contribution in [0.5, 0.6) is 0 Å². The molecule has 0 fully saturated rings. The summed E-state index contributed by atoms with van der Waals surface area (Å²) in [5, 5.41) is 19.1. The lowest BCUT2D eigenvalue weighted by molar-refractivity contribution is -0.384. The number of hydrogen-bond donors (Lipinski definition) is 3. The molecule has 0 atom stereocenters. The standard InChI is InChI=1S/C7H6N2O4S/c8-6-3(9(12)13)1-2-4(14)5(6)7(10)11/h1-2,14H,8H2,(H,10,11). The summed E-state index contributed by atoms with van der Waals surface area (Å²) in [4.78, 5) is 20.4. The summed E-state index contributed by atoms with van der Waals surface area (Å²) in [5.41, 5.74) is 4.16. The fourth-order valence-electron chi connectivity index (χ4n) is 0.981. The molecule has 0 unspecified atom stereocenters. The summed E-state index contributed by atoms with van der Waals surface area (Å²) in [6.07, 6.45) is 0. The maximum atomic E-state index is 10.7. The van der Waals surface area contributed by atoms with Gasteiger partial charge in [-0.3, -0.25) is 10.1 Å². The Balaban J connectivity index is 3.49. The first kappa shape index (κ1) is 10.3. The van der Waals surface area contributed by atoms with Gasteiger partial charge in [0.2, 0.25) is 0 Å². The number of nitrogens with two attached hydrogens (primary N) is 1. The second kappa shape index (κ2) is 3.54. The first-order valence-corrected chi connectivity index (χ1v) is 3.89. The van der Waals surface area contributed by atoms with Gasteiger partial charge in [0.1, 0.15) is 11.3 Å². The summed E-state index contributed by atoms with van der Waals surface area (Å²) in [7, 11) is 0. The molecule has 0 saturated carbocycles. The van der Waals surface area contributed by atoms with Crippen LogP contribution >= 0.6 is 12.6 Å². The molecule has 0 spiro atoms. The summed E-state index contributed by atoms with van der Waals surface area (Å²) in [6.45, 7) is 0. The number of anilines is 1. The molecule has 1 aromatic carbocycles. The minimum Gasteiger partial charge on any atom is -0.478 e. The van der Waals surface area contributed by atoms with E-state index in [9.17, 15) is 14.9 Å².